The average Bonchev–Trinajstić information content (AvgIpc) is 3.51. The molecule has 0 aromatic carbocycles. The van der Waals surface area contributed by atoms with Crippen molar-refractivity contribution < 1.29 is 50.0 Å². The number of allylic oxidation sites excluding steroid dienone is 4. The zero-order chi connectivity index (χ0) is 61.7. The largest absolute Gasteiger partial charge is 0.394 e. The maximum atomic E-state index is 13.3. The van der Waals surface area contributed by atoms with Crippen molar-refractivity contribution in [1.82, 2.24) is 5.32 Å². The molecule has 85 heavy (non-hydrogen) atoms. The normalized spacial score (nSPS) is 18.9. The summed E-state index contributed by atoms with van der Waals surface area (Å²) in [6.07, 6.45) is 68.6. The fraction of sp³-hybridized carbons (Fsp3) is 0.932. The maximum Gasteiger partial charge on any atom is 0.249 e. The number of amides is 1. The van der Waals surface area contributed by atoms with Crippen molar-refractivity contribution in [2.24, 2.45) is 0 Å². The first-order chi connectivity index (χ1) is 41.7. The minimum absolute atomic E-state index is 0.249. The number of hydrogen-bond acceptors (Lipinski definition) is 10. The second-order valence-corrected chi connectivity index (χ2v) is 26.4. The highest BCUT2D eigenvalue weighted by molar-refractivity contribution is 5.80. The summed E-state index contributed by atoms with van der Waals surface area (Å²) in [5, 5.41) is 76.5. The van der Waals surface area contributed by atoms with Crippen molar-refractivity contribution in [1.29, 1.82) is 0 Å². The highest BCUT2D eigenvalue weighted by Crippen LogP contribution is 2.24. The highest BCUT2D eigenvalue weighted by Gasteiger charge is 2.44. The monoisotopic (exact) mass is 1210 g/mol. The summed E-state index contributed by atoms with van der Waals surface area (Å²) >= 11 is 0. The maximum absolute atomic E-state index is 13.3. The summed E-state index contributed by atoms with van der Waals surface area (Å²) in [6, 6.07) is -1.19. The van der Waals surface area contributed by atoms with Crippen molar-refractivity contribution in [3.05, 3.63) is 24.3 Å². The van der Waals surface area contributed by atoms with E-state index in [1.54, 1.807) is 0 Å². The lowest BCUT2D eigenvalue weighted by atomic mass is 9.98. The minimum atomic E-state index is -1.67. The van der Waals surface area contributed by atoms with Crippen LogP contribution in [0.5, 0.6) is 0 Å². The third kappa shape index (κ3) is 50.0. The molecule has 0 aromatic heterocycles. The van der Waals surface area contributed by atoms with Gasteiger partial charge in [0.25, 0.3) is 0 Å². The zero-order valence-electron chi connectivity index (χ0n) is 55.9. The molecule has 9 atom stereocenters. The van der Waals surface area contributed by atoms with E-state index in [1.165, 1.54) is 289 Å². The van der Waals surface area contributed by atoms with Gasteiger partial charge in [-0.15, -0.1) is 0 Å². The van der Waals surface area contributed by atoms with Crippen LogP contribution in [0.15, 0.2) is 24.3 Å². The van der Waals surface area contributed by atoms with Gasteiger partial charge in [-0.05, 0) is 51.4 Å². The summed E-state index contributed by atoms with van der Waals surface area (Å²) in [4.78, 5) is 13.3. The number of rotatable bonds is 66. The number of aliphatic hydroxyl groups excluding tert-OH is 7. The average molecular weight is 1210 g/mol. The number of carbonyl (C=O) groups excluding carboxylic acids is 1. The molecule has 0 bridgehead atoms. The Morgan fingerprint density at radius 3 is 1.05 bits per heavy atom. The Balaban J connectivity index is 2.17. The second-order valence-electron chi connectivity index (χ2n) is 26.4. The lowest BCUT2D eigenvalue weighted by Gasteiger charge is -2.40. The number of ether oxygens (including phenoxy) is 2. The van der Waals surface area contributed by atoms with Crippen LogP contribution in [0.25, 0.3) is 0 Å². The number of hydrogen-bond donors (Lipinski definition) is 8. The molecule has 504 valence electrons. The molecule has 1 fully saturated rings. The summed E-state index contributed by atoms with van der Waals surface area (Å²) in [5.41, 5.74) is 0. The molecule has 9 unspecified atom stereocenters. The minimum Gasteiger partial charge on any atom is -0.394 e. The van der Waals surface area contributed by atoms with E-state index in [0.717, 1.165) is 38.5 Å². The van der Waals surface area contributed by atoms with Gasteiger partial charge < -0.3 is 50.5 Å². The smallest absolute Gasteiger partial charge is 0.249 e. The van der Waals surface area contributed by atoms with E-state index in [-0.39, 0.29) is 12.8 Å². The van der Waals surface area contributed by atoms with Crippen LogP contribution in [0.1, 0.15) is 373 Å². The van der Waals surface area contributed by atoms with E-state index in [4.69, 9.17) is 9.47 Å². The van der Waals surface area contributed by atoms with Crippen LogP contribution in [0, 0.1) is 0 Å². The molecule has 1 amide bonds. The van der Waals surface area contributed by atoms with E-state index in [2.05, 4.69) is 43.5 Å². The number of unbranched alkanes of at least 4 members (excludes halogenated alkanes) is 50. The second kappa shape index (κ2) is 62.8. The lowest BCUT2D eigenvalue weighted by Crippen LogP contribution is -2.60. The van der Waals surface area contributed by atoms with Crippen molar-refractivity contribution >= 4 is 5.91 Å². The van der Waals surface area contributed by atoms with Gasteiger partial charge >= 0.3 is 0 Å². The summed E-state index contributed by atoms with van der Waals surface area (Å²) in [6.45, 7) is 3.50. The van der Waals surface area contributed by atoms with E-state index >= 15 is 0 Å². The first-order valence-electron chi connectivity index (χ1n) is 37.2. The molecule has 1 saturated heterocycles. The van der Waals surface area contributed by atoms with Crippen LogP contribution in [0.3, 0.4) is 0 Å². The Bertz CT molecular complexity index is 1430. The SMILES string of the molecule is CCCCCCCCCCCCCCCCC/C=C/CC/C=C/CCCC(O)C(O)C(COC1OC(CO)C(O)C(O)C1O)NC(=O)C(O)CCCCCCCCCCCCCCCCCCCCCCCCCCCCCCCCCCCC. The van der Waals surface area contributed by atoms with Gasteiger partial charge in [0.15, 0.2) is 6.29 Å². The third-order valence-corrected chi connectivity index (χ3v) is 18.2. The predicted octanol–water partition coefficient (Wildman–Crippen LogP) is 18.4. The molecule has 0 spiro atoms. The molecule has 11 nitrogen and oxygen atoms in total. The standard InChI is InChI=1S/C74H143NO10/c1-3-5-7-9-11-13-15-17-19-21-23-25-27-29-30-31-32-33-34-35-36-37-38-40-42-44-46-48-50-52-54-56-58-60-62-67(78)73(83)75-65(64-84-74-72(82)71(81)70(80)68(63-76)85-74)69(79)66(77)61-59-57-55-53-51-49-47-45-43-41-39-28-26-24-22-20-18-16-14-12-10-8-6-4-2/h45,47,53,55,65-72,74,76-82H,3-44,46,48-52,54,56-64H2,1-2H3,(H,75,83)/b47-45+,55-53+. The number of carbonyl (C=O) groups is 1. The molecule has 1 rings (SSSR count). The molecule has 0 radical (unpaired) electrons. The highest BCUT2D eigenvalue weighted by atomic mass is 16.7. The Kier molecular flexibility index (Phi) is 60.3. The van der Waals surface area contributed by atoms with Gasteiger partial charge in [0.1, 0.15) is 36.6 Å². The molecule has 0 aliphatic carbocycles. The Morgan fingerprint density at radius 2 is 0.706 bits per heavy atom. The fourth-order valence-corrected chi connectivity index (χ4v) is 12.3. The van der Waals surface area contributed by atoms with E-state index < -0.39 is 74.2 Å². The Labute approximate surface area is 524 Å². The van der Waals surface area contributed by atoms with Gasteiger partial charge in [0.05, 0.1) is 25.4 Å². The van der Waals surface area contributed by atoms with Gasteiger partial charge in [-0.25, -0.2) is 0 Å². The third-order valence-electron chi connectivity index (χ3n) is 18.2. The van der Waals surface area contributed by atoms with Crippen LogP contribution in [0.2, 0.25) is 0 Å². The zero-order valence-corrected chi connectivity index (χ0v) is 55.9. The molecule has 1 aliphatic heterocycles. The molecule has 1 aliphatic rings. The van der Waals surface area contributed by atoms with Crippen LogP contribution in [-0.2, 0) is 14.3 Å². The van der Waals surface area contributed by atoms with Gasteiger partial charge in [-0.1, -0.05) is 346 Å². The topological polar surface area (TPSA) is 189 Å². The molecular formula is C74H143NO10. The summed E-state index contributed by atoms with van der Waals surface area (Å²) in [7, 11) is 0. The van der Waals surface area contributed by atoms with Crippen LogP contribution >= 0.6 is 0 Å². The van der Waals surface area contributed by atoms with Gasteiger partial charge in [-0.2, -0.15) is 0 Å². The molecule has 0 aromatic rings. The fourth-order valence-electron chi connectivity index (χ4n) is 12.3. The molecule has 0 saturated carbocycles. The van der Waals surface area contributed by atoms with E-state index in [0.29, 0.717) is 19.3 Å². The lowest BCUT2D eigenvalue weighted by molar-refractivity contribution is -0.303. The van der Waals surface area contributed by atoms with Gasteiger partial charge in [-0.3, -0.25) is 4.79 Å². The van der Waals surface area contributed by atoms with Crippen molar-refractivity contribution in [2.75, 3.05) is 13.2 Å². The van der Waals surface area contributed by atoms with E-state index in [9.17, 15) is 40.5 Å². The van der Waals surface area contributed by atoms with Gasteiger partial charge in [0.2, 0.25) is 5.91 Å². The first kappa shape index (κ1) is 81.6. The van der Waals surface area contributed by atoms with E-state index in [1.807, 2.05) is 0 Å². The molecular weight excluding hydrogens is 1060 g/mol. The van der Waals surface area contributed by atoms with Crippen molar-refractivity contribution in [3.8, 4) is 0 Å². The molecule has 8 N–H and O–H groups in total. The van der Waals surface area contributed by atoms with Crippen molar-refractivity contribution in [3.63, 3.8) is 0 Å². The van der Waals surface area contributed by atoms with Crippen LogP contribution in [-0.4, -0.2) is 110 Å². The quantitative estimate of drug-likeness (QED) is 0.0215. The summed E-state index contributed by atoms with van der Waals surface area (Å²) in [5.74, 6) is -0.702. The Morgan fingerprint density at radius 1 is 0.400 bits per heavy atom. The molecule has 1 heterocycles. The van der Waals surface area contributed by atoms with Crippen LogP contribution in [0.4, 0.5) is 0 Å². The van der Waals surface area contributed by atoms with Crippen LogP contribution < -0.4 is 5.32 Å². The number of nitrogens with one attached hydrogen (secondary N) is 1. The van der Waals surface area contributed by atoms with Gasteiger partial charge in [0, 0.05) is 0 Å². The first-order valence-corrected chi connectivity index (χ1v) is 37.2. The number of aliphatic hydroxyl groups is 7. The summed E-state index contributed by atoms with van der Waals surface area (Å²) < 4.78 is 11.2. The predicted molar refractivity (Wildman–Crippen MR) is 358 cm³/mol. The van der Waals surface area contributed by atoms with Crippen molar-refractivity contribution in [2.45, 2.75) is 428 Å². The molecule has 11 heteroatoms. The Hall–Kier alpha value is -1.41.